The van der Waals surface area contributed by atoms with Crippen molar-refractivity contribution in [3.63, 3.8) is 0 Å². The Bertz CT molecular complexity index is 402. The maximum Gasteiger partial charge on any atom is 0.259 e. The Kier molecular flexibility index (Phi) is 3.41. The molecule has 2 amide bonds. The van der Waals surface area contributed by atoms with E-state index in [0.717, 1.165) is 0 Å². The first kappa shape index (κ1) is 11.2. The lowest BCUT2D eigenvalue weighted by molar-refractivity contribution is 0.0879. The molecular weight excluding hydrogens is 196 g/mol. The molecule has 80 valence electrons. The third-order valence-corrected chi connectivity index (χ3v) is 1.76. The Hall–Kier alpha value is -1.88. The highest BCUT2D eigenvalue weighted by atomic mass is 16.2. The van der Waals surface area contributed by atoms with Gasteiger partial charge in [-0.25, -0.2) is 0 Å². The van der Waals surface area contributed by atoms with E-state index in [2.05, 4.69) is 5.32 Å². The summed E-state index contributed by atoms with van der Waals surface area (Å²) in [6, 6.07) is 4.64. The zero-order chi connectivity index (χ0) is 11.4. The molecule has 5 nitrogen and oxygen atoms in total. The number of nitrogen functional groups attached to an aromatic ring is 1. The number of fused-ring (bicyclic) bond motifs is 1. The van der Waals surface area contributed by atoms with E-state index in [9.17, 15) is 9.59 Å². The number of hydrogen-bond acceptors (Lipinski definition) is 4. The third kappa shape index (κ3) is 2.32. The van der Waals surface area contributed by atoms with Crippen LogP contribution >= 0.6 is 0 Å². The number of nitrogens with two attached hydrogens (primary N) is 1. The number of amides is 2. The number of carbonyl (C=O) groups is 2. The second-order valence-corrected chi connectivity index (χ2v) is 2.90. The quantitative estimate of drug-likeness (QED) is 0.418. The number of aliphatic hydroxyl groups is 1. The van der Waals surface area contributed by atoms with Crippen LogP contribution < -0.4 is 11.1 Å². The lowest BCUT2D eigenvalue weighted by Crippen LogP contribution is -2.19. The van der Waals surface area contributed by atoms with Gasteiger partial charge in [0.25, 0.3) is 11.8 Å². The number of carbonyl (C=O) groups excluding carboxylic acids is 2. The summed E-state index contributed by atoms with van der Waals surface area (Å²) in [4.78, 5) is 22.1. The van der Waals surface area contributed by atoms with Crippen LogP contribution in [-0.4, -0.2) is 23.5 Å². The molecule has 0 aromatic heterocycles. The first-order chi connectivity index (χ1) is 7.10. The number of nitrogens with one attached hydrogen (secondary N) is 1. The van der Waals surface area contributed by atoms with Crippen molar-refractivity contribution in [2.24, 2.45) is 0 Å². The molecule has 4 N–H and O–H groups in total. The van der Waals surface area contributed by atoms with Gasteiger partial charge in [-0.05, 0) is 25.1 Å². The number of hydrogen-bond donors (Lipinski definition) is 3. The summed E-state index contributed by atoms with van der Waals surface area (Å²) in [5, 5.41) is 9.75. The lowest BCUT2D eigenvalue weighted by Gasteiger charge is -1.94. The van der Waals surface area contributed by atoms with Gasteiger partial charge in [0, 0.05) is 12.3 Å². The second-order valence-electron chi connectivity index (χ2n) is 2.90. The van der Waals surface area contributed by atoms with Crippen LogP contribution in [0.4, 0.5) is 5.69 Å². The van der Waals surface area contributed by atoms with Gasteiger partial charge in [-0.3, -0.25) is 14.9 Å². The number of aliphatic hydroxyl groups excluding tert-OH is 1. The summed E-state index contributed by atoms with van der Waals surface area (Å²) in [7, 11) is 0. The molecule has 5 heteroatoms. The molecule has 0 saturated carbocycles. The average molecular weight is 208 g/mol. The van der Waals surface area contributed by atoms with Crippen LogP contribution in [0.1, 0.15) is 27.6 Å². The predicted molar refractivity (Wildman–Crippen MR) is 55.4 cm³/mol. The van der Waals surface area contributed by atoms with Crippen molar-refractivity contribution in [2.45, 2.75) is 6.92 Å². The molecule has 0 fully saturated rings. The highest BCUT2D eigenvalue weighted by Gasteiger charge is 2.25. The molecule has 0 spiro atoms. The molecule has 0 unspecified atom stereocenters. The Morgan fingerprint density at radius 2 is 1.80 bits per heavy atom. The van der Waals surface area contributed by atoms with Gasteiger partial charge in [-0.2, -0.15) is 0 Å². The fourth-order valence-electron chi connectivity index (χ4n) is 1.19. The van der Waals surface area contributed by atoms with Crippen LogP contribution in [0.5, 0.6) is 0 Å². The molecule has 0 atom stereocenters. The molecule has 1 aromatic carbocycles. The van der Waals surface area contributed by atoms with Crippen LogP contribution in [0.3, 0.4) is 0 Å². The van der Waals surface area contributed by atoms with Crippen molar-refractivity contribution in [1.82, 2.24) is 5.32 Å². The minimum absolute atomic E-state index is 0.250. The molecule has 0 bridgehead atoms. The summed E-state index contributed by atoms with van der Waals surface area (Å²) in [5.74, 6) is -0.725. The number of imide groups is 1. The molecule has 0 radical (unpaired) electrons. The van der Waals surface area contributed by atoms with Crippen LogP contribution in [0.25, 0.3) is 0 Å². The first-order valence-corrected chi connectivity index (χ1v) is 4.46. The SMILES string of the molecule is CCO.Nc1ccc2c(c1)C(=O)NC2=O. The van der Waals surface area contributed by atoms with Crippen molar-refractivity contribution in [3.8, 4) is 0 Å². The fraction of sp³-hybridized carbons (Fsp3) is 0.200. The largest absolute Gasteiger partial charge is 0.399 e. The van der Waals surface area contributed by atoms with E-state index >= 15 is 0 Å². The second kappa shape index (κ2) is 4.56. The van der Waals surface area contributed by atoms with Gasteiger partial charge in [0.2, 0.25) is 0 Å². The summed E-state index contributed by atoms with van der Waals surface area (Å²) >= 11 is 0. The number of benzene rings is 1. The molecular formula is C10H12N2O3. The smallest absolute Gasteiger partial charge is 0.259 e. The summed E-state index contributed by atoms with van der Waals surface area (Å²) in [6.45, 7) is 1.93. The van der Waals surface area contributed by atoms with E-state index in [1.54, 1.807) is 19.1 Å². The van der Waals surface area contributed by atoms with Crippen molar-refractivity contribution in [1.29, 1.82) is 0 Å². The van der Waals surface area contributed by atoms with Crippen LogP contribution in [0.2, 0.25) is 0 Å². The minimum Gasteiger partial charge on any atom is -0.399 e. The van der Waals surface area contributed by atoms with E-state index in [1.165, 1.54) is 6.07 Å². The summed E-state index contributed by atoms with van der Waals surface area (Å²) < 4.78 is 0. The Morgan fingerprint density at radius 3 is 2.40 bits per heavy atom. The lowest BCUT2D eigenvalue weighted by atomic mass is 10.1. The van der Waals surface area contributed by atoms with Crippen molar-refractivity contribution in [3.05, 3.63) is 29.3 Å². The zero-order valence-electron chi connectivity index (χ0n) is 8.28. The van der Waals surface area contributed by atoms with E-state index in [0.29, 0.717) is 16.8 Å². The minimum atomic E-state index is -0.373. The molecule has 0 saturated heterocycles. The van der Waals surface area contributed by atoms with Gasteiger partial charge >= 0.3 is 0 Å². The van der Waals surface area contributed by atoms with Gasteiger partial charge in [0.05, 0.1) is 11.1 Å². The molecule has 2 rings (SSSR count). The van der Waals surface area contributed by atoms with Gasteiger partial charge in [0.1, 0.15) is 0 Å². The maximum atomic E-state index is 11.0. The average Bonchev–Trinajstić information content (AvgIpc) is 2.43. The van der Waals surface area contributed by atoms with Gasteiger partial charge in [0.15, 0.2) is 0 Å². The Labute approximate surface area is 86.9 Å². The molecule has 1 aliphatic rings. The first-order valence-electron chi connectivity index (χ1n) is 4.46. The summed E-state index contributed by atoms with van der Waals surface area (Å²) in [6.07, 6.45) is 0. The van der Waals surface area contributed by atoms with Crippen molar-refractivity contribution in [2.75, 3.05) is 12.3 Å². The fourth-order valence-corrected chi connectivity index (χ4v) is 1.19. The third-order valence-electron chi connectivity index (χ3n) is 1.76. The van der Waals surface area contributed by atoms with Gasteiger partial charge in [-0.15, -0.1) is 0 Å². The number of rotatable bonds is 0. The van der Waals surface area contributed by atoms with Crippen LogP contribution in [0.15, 0.2) is 18.2 Å². The number of anilines is 1. The molecule has 1 aliphatic heterocycles. The predicted octanol–water partition coefficient (Wildman–Crippen LogP) is 0.151. The van der Waals surface area contributed by atoms with E-state index < -0.39 is 0 Å². The maximum absolute atomic E-state index is 11.0. The normalized spacial score (nSPS) is 12.7. The van der Waals surface area contributed by atoms with E-state index in [4.69, 9.17) is 10.8 Å². The summed E-state index contributed by atoms with van der Waals surface area (Å²) in [5.41, 5.74) is 6.69. The topological polar surface area (TPSA) is 92.4 Å². The van der Waals surface area contributed by atoms with Crippen molar-refractivity contribution < 1.29 is 14.7 Å². The zero-order valence-corrected chi connectivity index (χ0v) is 8.28. The van der Waals surface area contributed by atoms with Crippen LogP contribution in [-0.2, 0) is 0 Å². The van der Waals surface area contributed by atoms with Crippen LogP contribution in [0, 0.1) is 0 Å². The van der Waals surface area contributed by atoms with Crippen molar-refractivity contribution >= 4 is 17.5 Å². The van der Waals surface area contributed by atoms with Gasteiger partial charge in [-0.1, -0.05) is 0 Å². The Morgan fingerprint density at radius 1 is 1.27 bits per heavy atom. The Balaban J connectivity index is 0.000000337. The molecule has 1 aromatic rings. The standard InChI is InChI=1S/C8H6N2O2.C2H6O/c9-4-1-2-5-6(3-4)8(12)10-7(5)11;1-2-3/h1-3H,9H2,(H,10,11,12);3H,2H2,1H3. The highest BCUT2D eigenvalue weighted by Crippen LogP contribution is 2.17. The van der Waals surface area contributed by atoms with E-state index in [-0.39, 0.29) is 18.4 Å². The molecule has 0 aliphatic carbocycles. The van der Waals surface area contributed by atoms with E-state index in [1.807, 2.05) is 0 Å². The highest BCUT2D eigenvalue weighted by molar-refractivity contribution is 6.21. The van der Waals surface area contributed by atoms with Gasteiger partial charge < -0.3 is 10.8 Å². The molecule has 15 heavy (non-hydrogen) atoms. The monoisotopic (exact) mass is 208 g/mol. The molecule has 1 heterocycles.